The summed E-state index contributed by atoms with van der Waals surface area (Å²) < 4.78 is 5.47. The Kier molecular flexibility index (Phi) is 5.18. The molecule has 0 bridgehead atoms. The van der Waals surface area contributed by atoms with Crippen LogP contribution in [0.15, 0.2) is 48.5 Å². The summed E-state index contributed by atoms with van der Waals surface area (Å²) in [5, 5.41) is 0.919. The molecule has 0 saturated carbocycles. The van der Waals surface area contributed by atoms with Crippen molar-refractivity contribution in [2.45, 2.75) is 13.1 Å². The van der Waals surface area contributed by atoms with Gasteiger partial charge in [0, 0.05) is 43.7 Å². The van der Waals surface area contributed by atoms with Crippen LogP contribution in [0.1, 0.15) is 11.4 Å². The van der Waals surface area contributed by atoms with E-state index < -0.39 is 0 Å². The number of aromatic nitrogens is 2. The van der Waals surface area contributed by atoms with E-state index in [9.17, 15) is 0 Å². The summed E-state index contributed by atoms with van der Waals surface area (Å²) in [7, 11) is 1.73. The second-order valence-electron chi connectivity index (χ2n) is 6.91. The van der Waals surface area contributed by atoms with Crippen molar-refractivity contribution in [3.05, 3.63) is 59.9 Å². The smallest absolute Gasteiger partial charge is 0.145 e. The number of hydrogen-bond acceptors (Lipinski definition) is 6. The molecule has 27 heavy (non-hydrogen) atoms. The summed E-state index contributed by atoms with van der Waals surface area (Å²) in [5.41, 5.74) is 8.25. The zero-order chi connectivity index (χ0) is 18.6. The highest BCUT2D eigenvalue weighted by Gasteiger charge is 2.19. The number of fused-ring (bicyclic) bond motifs is 1. The highest BCUT2D eigenvalue weighted by Crippen LogP contribution is 2.21. The molecule has 4 rings (SSSR count). The van der Waals surface area contributed by atoms with Crippen LogP contribution in [-0.2, 0) is 13.1 Å². The van der Waals surface area contributed by atoms with Gasteiger partial charge in [-0.25, -0.2) is 9.97 Å². The molecule has 1 saturated heterocycles. The molecule has 0 spiro atoms. The number of piperazine rings is 1. The van der Waals surface area contributed by atoms with E-state index in [0.717, 1.165) is 61.7 Å². The maximum absolute atomic E-state index is 6.11. The van der Waals surface area contributed by atoms with Gasteiger partial charge in [-0.3, -0.25) is 9.80 Å². The van der Waals surface area contributed by atoms with Crippen LogP contribution in [0, 0.1) is 0 Å². The summed E-state index contributed by atoms with van der Waals surface area (Å²) in [4.78, 5) is 14.0. The monoisotopic (exact) mass is 363 g/mol. The molecule has 2 N–H and O–H groups in total. The molecule has 0 radical (unpaired) electrons. The zero-order valence-electron chi connectivity index (χ0n) is 15.6. The van der Waals surface area contributed by atoms with Crippen LogP contribution in [0.5, 0.6) is 5.75 Å². The minimum absolute atomic E-state index is 0.561. The molecular weight excluding hydrogens is 338 g/mol. The molecule has 1 aliphatic rings. The average molecular weight is 363 g/mol. The summed E-state index contributed by atoms with van der Waals surface area (Å²) in [6.07, 6.45) is 0. The largest absolute Gasteiger partial charge is 0.496 e. The fourth-order valence-electron chi connectivity index (χ4n) is 3.60. The van der Waals surface area contributed by atoms with Gasteiger partial charge in [0.25, 0.3) is 0 Å². The number of anilines is 1. The van der Waals surface area contributed by atoms with Crippen LogP contribution >= 0.6 is 0 Å². The molecular formula is C21H25N5O. The quantitative estimate of drug-likeness (QED) is 0.751. The number of nitrogens with zero attached hydrogens (tertiary/aromatic N) is 4. The third kappa shape index (κ3) is 4.02. The van der Waals surface area contributed by atoms with Crippen molar-refractivity contribution in [1.29, 1.82) is 0 Å². The van der Waals surface area contributed by atoms with E-state index >= 15 is 0 Å². The van der Waals surface area contributed by atoms with Crippen molar-refractivity contribution in [1.82, 2.24) is 19.8 Å². The van der Waals surface area contributed by atoms with Gasteiger partial charge in [-0.15, -0.1) is 0 Å². The Morgan fingerprint density at radius 3 is 2.33 bits per heavy atom. The number of rotatable bonds is 5. The molecule has 6 nitrogen and oxygen atoms in total. The number of benzene rings is 2. The average Bonchev–Trinajstić information content (AvgIpc) is 2.70. The first-order valence-electron chi connectivity index (χ1n) is 9.30. The van der Waals surface area contributed by atoms with Crippen LogP contribution in [0.25, 0.3) is 10.9 Å². The minimum atomic E-state index is 0.561. The fraction of sp³-hybridized carbons (Fsp3) is 0.333. The maximum atomic E-state index is 6.11. The van der Waals surface area contributed by atoms with Crippen LogP contribution in [0.3, 0.4) is 0 Å². The van der Waals surface area contributed by atoms with Crippen molar-refractivity contribution in [2.75, 3.05) is 39.0 Å². The van der Waals surface area contributed by atoms with Crippen molar-refractivity contribution < 1.29 is 4.74 Å². The van der Waals surface area contributed by atoms with E-state index in [1.54, 1.807) is 7.11 Å². The molecule has 6 heteroatoms. The fourth-order valence-corrected chi connectivity index (χ4v) is 3.60. The molecule has 0 amide bonds. The highest BCUT2D eigenvalue weighted by atomic mass is 16.5. The molecule has 1 fully saturated rings. The summed E-state index contributed by atoms with van der Waals surface area (Å²) in [6, 6.07) is 16.1. The van der Waals surface area contributed by atoms with Crippen LogP contribution < -0.4 is 10.5 Å². The van der Waals surface area contributed by atoms with E-state index in [1.165, 1.54) is 5.56 Å². The number of para-hydroxylation sites is 2. The third-order valence-corrected chi connectivity index (χ3v) is 5.10. The van der Waals surface area contributed by atoms with Crippen LogP contribution in [0.2, 0.25) is 0 Å². The Morgan fingerprint density at radius 2 is 1.56 bits per heavy atom. The lowest BCUT2D eigenvalue weighted by atomic mass is 10.1. The molecule has 1 aliphatic heterocycles. The second-order valence-corrected chi connectivity index (χ2v) is 6.91. The molecule has 2 heterocycles. The highest BCUT2D eigenvalue weighted by molar-refractivity contribution is 5.87. The van der Waals surface area contributed by atoms with E-state index in [4.69, 9.17) is 10.5 Å². The molecule has 2 aromatic carbocycles. The Morgan fingerprint density at radius 1 is 0.889 bits per heavy atom. The van der Waals surface area contributed by atoms with E-state index in [2.05, 4.69) is 31.9 Å². The first-order chi connectivity index (χ1) is 13.2. The number of hydrogen-bond donors (Lipinski definition) is 1. The van der Waals surface area contributed by atoms with Crippen LogP contribution in [-0.4, -0.2) is 53.1 Å². The molecule has 3 aromatic rings. The Hall–Kier alpha value is -2.70. The molecule has 0 aliphatic carbocycles. The standard InChI is InChI=1S/C21H25N5O/c1-27-19-9-5-2-6-16(19)14-25-10-12-26(13-11-25)15-20-23-18-8-4-3-7-17(18)21(22)24-20/h2-9H,10-15H2,1H3,(H2,22,23,24). The zero-order valence-corrected chi connectivity index (χ0v) is 15.6. The Labute approximate surface area is 159 Å². The maximum Gasteiger partial charge on any atom is 0.145 e. The predicted molar refractivity (Wildman–Crippen MR) is 107 cm³/mol. The minimum Gasteiger partial charge on any atom is -0.496 e. The molecule has 0 unspecified atom stereocenters. The van der Waals surface area contributed by atoms with Crippen molar-refractivity contribution >= 4 is 16.7 Å². The Balaban J connectivity index is 1.37. The topological polar surface area (TPSA) is 67.5 Å². The Bertz CT molecular complexity index is 921. The first-order valence-corrected chi connectivity index (χ1v) is 9.30. The SMILES string of the molecule is COc1ccccc1CN1CCN(Cc2nc(N)c3ccccc3n2)CC1. The van der Waals surface area contributed by atoms with Gasteiger partial charge in [-0.2, -0.15) is 0 Å². The van der Waals surface area contributed by atoms with Crippen LogP contribution in [0.4, 0.5) is 5.82 Å². The lowest BCUT2D eigenvalue weighted by Crippen LogP contribution is -2.45. The lowest BCUT2D eigenvalue weighted by Gasteiger charge is -2.34. The van der Waals surface area contributed by atoms with Gasteiger partial charge < -0.3 is 10.5 Å². The van der Waals surface area contributed by atoms with E-state index in [0.29, 0.717) is 5.82 Å². The number of ether oxygens (including phenoxy) is 1. The van der Waals surface area contributed by atoms with Crippen molar-refractivity contribution in [3.8, 4) is 5.75 Å². The molecule has 1 aromatic heterocycles. The van der Waals surface area contributed by atoms with Gasteiger partial charge in [0.15, 0.2) is 0 Å². The molecule has 0 atom stereocenters. The van der Waals surface area contributed by atoms with E-state index in [-0.39, 0.29) is 0 Å². The van der Waals surface area contributed by atoms with Gasteiger partial charge in [-0.1, -0.05) is 30.3 Å². The third-order valence-electron chi connectivity index (χ3n) is 5.10. The number of methoxy groups -OCH3 is 1. The summed E-state index contributed by atoms with van der Waals surface area (Å²) in [6.45, 7) is 5.66. The van der Waals surface area contributed by atoms with Gasteiger partial charge in [-0.05, 0) is 18.2 Å². The summed E-state index contributed by atoms with van der Waals surface area (Å²) >= 11 is 0. The lowest BCUT2D eigenvalue weighted by molar-refractivity contribution is 0.119. The number of nitrogens with two attached hydrogens (primary N) is 1. The van der Waals surface area contributed by atoms with Gasteiger partial charge in [0.1, 0.15) is 17.4 Å². The van der Waals surface area contributed by atoms with Crippen molar-refractivity contribution in [3.63, 3.8) is 0 Å². The van der Waals surface area contributed by atoms with Gasteiger partial charge in [0.2, 0.25) is 0 Å². The summed E-state index contributed by atoms with van der Waals surface area (Å²) in [5.74, 6) is 2.31. The second kappa shape index (κ2) is 7.90. The van der Waals surface area contributed by atoms with E-state index in [1.807, 2.05) is 36.4 Å². The van der Waals surface area contributed by atoms with Gasteiger partial charge >= 0.3 is 0 Å². The normalized spacial score (nSPS) is 15.9. The first kappa shape index (κ1) is 17.7. The molecule has 140 valence electrons. The van der Waals surface area contributed by atoms with Gasteiger partial charge in [0.05, 0.1) is 19.2 Å². The van der Waals surface area contributed by atoms with Crippen molar-refractivity contribution in [2.24, 2.45) is 0 Å². The number of nitrogen functional groups attached to an aromatic ring is 1. The predicted octanol–water partition coefficient (Wildman–Crippen LogP) is 2.54.